The molecule has 0 aliphatic rings. The third-order valence-corrected chi connectivity index (χ3v) is 2.78. The van der Waals surface area contributed by atoms with Gasteiger partial charge in [0.1, 0.15) is 0 Å². The van der Waals surface area contributed by atoms with Gasteiger partial charge in [-0.3, -0.25) is 0 Å². The minimum absolute atomic E-state index is 0.155. The van der Waals surface area contributed by atoms with Crippen LogP contribution in [0.5, 0.6) is 0 Å². The van der Waals surface area contributed by atoms with Crippen LogP contribution in [-0.4, -0.2) is 11.1 Å². The molecule has 0 aliphatic carbocycles. The molecule has 0 spiro atoms. The van der Waals surface area contributed by atoms with Gasteiger partial charge in [-0.15, -0.1) is 0 Å². The van der Waals surface area contributed by atoms with Crippen molar-refractivity contribution in [2.45, 2.75) is 6.18 Å². The second-order valence-corrected chi connectivity index (χ2v) is 3.89. The average Bonchev–Trinajstić information content (AvgIpc) is 2.18. The maximum atomic E-state index is 12.5. The van der Waals surface area contributed by atoms with Gasteiger partial charge < -0.3 is 10.8 Å². The van der Waals surface area contributed by atoms with E-state index in [1.54, 1.807) is 0 Å². The number of carboxylic acids is 1. The highest BCUT2D eigenvalue weighted by molar-refractivity contribution is 9.10. The molecule has 0 unspecified atom stereocenters. The Morgan fingerprint density at radius 3 is 2.47 bits per heavy atom. The Morgan fingerprint density at radius 2 is 2.00 bits per heavy atom. The van der Waals surface area contributed by atoms with Crippen LogP contribution in [0.4, 0.5) is 18.9 Å². The zero-order valence-corrected chi connectivity index (χ0v) is 9.84. The molecule has 0 atom stereocenters. The van der Waals surface area contributed by atoms with Crippen LogP contribution < -0.4 is 5.73 Å². The molecule has 0 fully saturated rings. The molecule has 1 aromatic carbocycles. The van der Waals surface area contributed by atoms with Crippen molar-refractivity contribution in [1.82, 2.24) is 0 Å². The Kier molecular flexibility index (Phi) is 3.82. The molecule has 0 saturated carbocycles. The maximum Gasteiger partial charge on any atom is 0.417 e. The third-order valence-electron chi connectivity index (χ3n) is 1.92. The number of halogens is 4. The summed E-state index contributed by atoms with van der Waals surface area (Å²) >= 11 is 2.75. The highest BCUT2D eigenvalue weighted by Crippen LogP contribution is 2.39. The fourth-order valence-corrected chi connectivity index (χ4v) is 1.72. The van der Waals surface area contributed by atoms with Crippen LogP contribution in [-0.2, 0) is 11.0 Å². The van der Waals surface area contributed by atoms with Crippen LogP contribution in [0, 0.1) is 0 Å². The van der Waals surface area contributed by atoms with Crippen LogP contribution in [0.15, 0.2) is 22.7 Å². The zero-order chi connectivity index (χ0) is 13.2. The molecule has 3 N–H and O–H groups in total. The predicted molar refractivity (Wildman–Crippen MR) is 60.2 cm³/mol. The van der Waals surface area contributed by atoms with Crippen molar-refractivity contribution in [2.24, 2.45) is 0 Å². The lowest BCUT2D eigenvalue weighted by molar-refractivity contribution is -0.138. The minimum atomic E-state index is -4.51. The van der Waals surface area contributed by atoms with Gasteiger partial charge in [-0.05, 0) is 33.6 Å². The van der Waals surface area contributed by atoms with E-state index in [2.05, 4.69) is 15.9 Å². The number of hydrogen-bond acceptors (Lipinski definition) is 2. The normalized spacial score (nSPS) is 12.0. The molecular weight excluding hydrogens is 303 g/mol. The topological polar surface area (TPSA) is 63.3 Å². The first-order valence-corrected chi connectivity index (χ1v) is 5.09. The fraction of sp³-hybridized carbons (Fsp3) is 0.100. The first kappa shape index (κ1) is 13.6. The summed E-state index contributed by atoms with van der Waals surface area (Å²) < 4.78 is 37.1. The van der Waals surface area contributed by atoms with E-state index in [0.29, 0.717) is 0 Å². The maximum absolute atomic E-state index is 12.5. The van der Waals surface area contributed by atoms with E-state index in [0.717, 1.165) is 24.3 Å². The lowest BCUT2D eigenvalue weighted by Crippen LogP contribution is -2.08. The van der Waals surface area contributed by atoms with Crippen LogP contribution in [0.3, 0.4) is 0 Å². The molecule has 0 amide bonds. The largest absolute Gasteiger partial charge is 0.478 e. The van der Waals surface area contributed by atoms with Crippen LogP contribution in [0.25, 0.3) is 6.08 Å². The van der Waals surface area contributed by atoms with Crippen molar-refractivity contribution in [3.63, 3.8) is 0 Å². The molecule has 0 aliphatic heterocycles. The predicted octanol–water partition coefficient (Wildman–Crippen LogP) is 3.15. The van der Waals surface area contributed by atoms with E-state index in [1.165, 1.54) is 0 Å². The smallest absolute Gasteiger partial charge is 0.417 e. The number of carbonyl (C=O) groups is 1. The van der Waals surface area contributed by atoms with Gasteiger partial charge in [0, 0.05) is 6.08 Å². The van der Waals surface area contributed by atoms with Gasteiger partial charge in [0.05, 0.1) is 15.7 Å². The third kappa shape index (κ3) is 3.23. The number of rotatable bonds is 2. The van der Waals surface area contributed by atoms with Gasteiger partial charge in [-0.2, -0.15) is 13.2 Å². The first-order chi connectivity index (χ1) is 7.73. The quantitative estimate of drug-likeness (QED) is 0.651. The van der Waals surface area contributed by atoms with E-state index in [4.69, 9.17) is 10.8 Å². The van der Waals surface area contributed by atoms with Gasteiger partial charge in [-0.25, -0.2) is 4.79 Å². The molecule has 0 heterocycles. The Bertz CT molecular complexity index is 483. The molecule has 0 saturated heterocycles. The number of anilines is 1. The Labute approximate surface area is 103 Å². The summed E-state index contributed by atoms with van der Waals surface area (Å²) in [5.41, 5.74) is 4.62. The molecular formula is C10H7BrF3NO2. The number of aliphatic carboxylic acids is 1. The molecule has 0 radical (unpaired) electrons. The molecule has 7 heteroatoms. The summed E-state index contributed by atoms with van der Waals surface area (Å²) in [7, 11) is 0. The molecule has 17 heavy (non-hydrogen) atoms. The van der Waals surface area contributed by atoms with E-state index in [-0.39, 0.29) is 15.7 Å². The second-order valence-electron chi connectivity index (χ2n) is 3.10. The SMILES string of the molecule is Nc1c(/C=C/C(=O)O)ccc(C(F)(F)F)c1Br. The average molecular weight is 310 g/mol. The van der Waals surface area contributed by atoms with Gasteiger partial charge >= 0.3 is 12.1 Å². The van der Waals surface area contributed by atoms with E-state index in [1.807, 2.05) is 0 Å². The van der Waals surface area contributed by atoms with E-state index < -0.39 is 17.7 Å². The Morgan fingerprint density at radius 1 is 1.41 bits per heavy atom. The second kappa shape index (κ2) is 4.79. The number of carboxylic acid groups (broad SMARTS) is 1. The highest BCUT2D eigenvalue weighted by atomic mass is 79.9. The van der Waals surface area contributed by atoms with Crippen LogP contribution in [0.2, 0.25) is 0 Å². The monoisotopic (exact) mass is 309 g/mol. The van der Waals surface area contributed by atoms with Gasteiger partial charge in [0.2, 0.25) is 0 Å². The molecule has 3 nitrogen and oxygen atoms in total. The number of alkyl halides is 3. The van der Waals surface area contributed by atoms with Crippen molar-refractivity contribution in [3.8, 4) is 0 Å². The summed E-state index contributed by atoms with van der Waals surface area (Å²) in [6.45, 7) is 0. The Hall–Kier alpha value is -1.50. The van der Waals surface area contributed by atoms with Crippen molar-refractivity contribution >= 4 is 33.7 Å². The zero-order valence-electron chi connectivity index (χ0n) is 8.25. The number of hydrogen-bond donors (Lipinski definition) is 2. The van der Waals surface area contributed by atoms with Gasteiger partial charge in [0.25, 0.3) is 0 Å². The van der Waals surface area contributed by atoms with Crippen LogP contribution >= 0.6 is 15.9 Å². The lowest BCUT2D eigenvalue weighted by Gasteiger charge is -2.12. The summed E-state index contributed by atoms with van der Waals surface area (Å²) in [5, 5.41) is 8.40. The van der Waals surface area contributed by atoms with Crippen molar-refractivity contribution in [1.29, 1.82) is 0 Å². The summed E-state index contributed by atoms with van der Waals surface area (Å²) in [4.78, 5) is 10.3. The minimum Gasteiger partial charge on any atom is -0.478 e. The first-order valence-electron chi connectivity index (χ1n) is 4.29. The molecule has 92 valence electrons. The van der Waals surface area contributed by atoms with Crippen molar-refractivity contribution in [3.05, 3.63) is 33.8 Å². The van der Waals surface area contributed by atoms with E-state index >= 15 is 0 Å². The number of nitrogens with two attached hydrogens (primary N) is 1. The number of benzene rings is 1. The number of nitrogen functional groups attached to an aromatic ring is 1. The molecule has 1 rings (SSSR count). The molecule has 1 aromatic rings. The molecule has 0 bridgehead atoms. The van der Waals surface area contributed by atoms with Crippen molar-refractivity contribution < 1.29 is 23.1 Å². The fourth-order valence-electron chi connectivity index (χ4n) is 1.13. The van der Waals surface area contributed by atoms with Crippen molar-refractivity contribution in [2.75, 3.05) is 5.73 Å². The summed E-state index contributed by atoms with van der Waals surface area (Å²) in [5.74, 6) is -1.21. The highest BCUT2D eigenvalue weighted by Gasteiger charge is 2.33. The summed E-state index contributed by atoms with van der Waals surface area (Å²) in [6, 6.07) is 1.95. The standard InChI is InChI=1S/C10H7BrF3NO2/c11-8-6(10(12,13)14)3-1-5(9(8)15)2-4-7(16)17/h1-4H,15H2,(H,16,17)/b4-2+. The van der Waals surface area contributed by atoms with Gasteiger partial charge in [0.15, 0.2) is 0 Å². The lowest BCUT2D eigenvalue weighted by atomic mass is 10.1. The summed E-state index contributed by atoms with van der Waals surface area (Å²) in [6.07, 6.45) is -2.59. The Balaban J connectivity index is 3.25. The van der Waals surface area contributed by atoms with Crippen LogP contribution in [0.1, 0.15) is 11.1 Å². The van der Waals surface area contributed by atoms with Gasteiger partial charge in [-0.1, -0.05) is 6.07 Å². The molecule has 0 aromatic heterocycles. The van der Waals surface area contributed by atoms with E-state index in [9.17, 15) is 18.0 Å².